The van der Waals surface area contributed by atoms with Crippen molar-refractivity contribution >= 4 is 5.71 Å². The van der Waals surface area contributed by atoms with Crippen LogP contribution in [0.15, 0.2) is 34.9 Å². The molecule has 4 heteroatoms. The van der Waals surface area contributed by atoms with E-state index >= 15 is 0 Å². The quantitative estimate of drug-likeness (QED) is 0.795. The van der Waals surface area contributed by atoms with Crippen molar-refractivity contribution in [2.45, 2.75) is 19.8 Å². The lowest BCUT2D eigenvalue weighted by Crippen LogP contribution is -1.96. The molecule has 0 amide bonds. The molecule has 1 aromatic carbocycles. The van der Waals surface area contributed by atoms with Gasteiger partial charge in [0, 0.05) is 12.1 Å². The number of aromatic nitrogens is 2. The Morgan fingerprint density at radius 3 is 2.75 bits per heavy atom. The van der Waals surface area contributed by atoms with Gasteiger partial charge in [-0.15, -0.1) is 0 Å². The van der Waals surface area contributed by atoms with E-state index in [1.807, 2.05) is 30.3 Å². The highest BCUT2D eigenvalue weighted by molar-refractivity contribution is 5.80. The Hall–Kier alpha value is -1.97. The van der Waals surface area contributed by atoms with Crippen molar-refractivity contribution in [3.05, 3.63) is 47.6 Å². The van der Waals surface area contributed by atoms with Crippen LogP contribution in [0.25, 0.3) is 0 Å². The Bertz CT molecular complexity index is 476. The first-order valence-electron chi connectivity index (χ1n) is 5.13. The molecule has 16 heavy (non-hydrogen) atoms. The first kappa shape index (κ1) is 10.5. The molecule has 82 valence electrons. The number of hydrogen-bond acceptors (Lipinski definition) is 4. The highest BCUT2D eigenvalue weighted by Gasteiger charge is 2.07. The molecule has 0 fully saturated rings. The lowest BCUT2D eigenvalue weighted by atomic mass is 10.1. The van der Waals surface area contributed by atoms with Gasteiger partial charge in [0.05, 0.1) is 6.42 Å². The molecule has 0 aliphatic heterocycles. The van der Waals surface area contributed by atoms with Gasteiger partial charge in [-0.3, -0.25) is 0 Å². The van der Waals surface area contributed by atoms with Crippen LogP contribution in [0.3, 0.4) is 0 Å². The monoisotopic (exact) mass is 215 g/mol. The summed E-state index contributed by atoms with van der Waals surface area (Å²) in [7, 11) is 0. The van der Waals surface area contributed by atoms with Crippen molar-refractivity contribution in [3.63, 3.8) is 0 Å². The minimum absolute atomic E-state index is 0.432. The summed E-state index contributed by atoms with van der Waals surface area (Å²) in [6.07, 6.45) is 1.10. The van der Waals surface area contributed by atoms with Gasteiger partial charge in [0.25, 0.3) is 0 Å². The molecular weight excluding hydrogens is 202 g/mol. The van der Waals surface area contributed by atoms with Gasteiger partial charge in [-0.2, -0.15) is 4.98 Å². The van der Waals surface area contributed by atoms with E-state index in [0.29, 0.717) is 30.3 Å². The summed E-state index contributed by atoms with van der Waals surface area (Å²) in [5.74, 6) is 1.18. The highest BCUT2D eigenvalue weighted by Crippen LogP contribution is 2.06. The Morgan fingerprint density at radius 1 is 1.31 bits per heavy atom. The molecule has 1 aromatic heterocycles. The van der Waals surface area contributed by atoms with Crippen LogP contribution in [-0.2, 0) is 12.8 Å². The molecule has 0 saturated heterocycles. The Kier molecular flexibility index (Phi) is 3.10. The molecule has 0 unspecified atom stereocenters. The van der Waals surface area contributed by atoms with Crippen molar-refractivity contribution < 1.29 is 4.52 Å². The first-order valence-corrected chi connectivity index (χ1v) is 5.13. The lowest BCUT2D eigenvalue weighted by Gasteiger charge is -1.94. The Morgan fingerprint density at radius 2 is 2.06 bits per heavy atom. The van der Waals surface area contributed by atoms with Gasteiger partial charge < -0.3 is 9.93 Å². The van der Waals surface area contributed by atoms with Crippen LogP contribution < -0.4 is 0 Å². The second kappa shape index (κ2) is 4.70. The number of nitrogens with one attached hydrogen (secondary N) is 1. The average Bonchev–Trinajstić information content (AvgIpc) is 2.66. The van der Waals surface area contributed by atoms with Crippen LogP contribution in [0.2, 0.25) is 0 Å². The van der Waals surface area contributed by atoms with Crippen LogP contribution in [0, 0.1) is 5.41 Å². The molecule has 2 rings (SSSR count). The number of nitrogens with zero attached hydrogens (tertiary/aromatic N) is 2. The van der Waals surface area contributed by atoms with Crippen LogP contribution >= 0.6 is 0 Å². The third-order valence-corrected chi connectivity index (χ3v) is 2.13. The van der Waals surface area contributed by atoms with Gasteiger partial charge in [0.15, 0.2) is 5.82 Å². The third-order valence-electron chi connectivity index (χ3n) is 2.13. The van der Waals surface area contributed by atoms with E-state index in [2.05, 4.69) is 10.1 Å². The van der Waals surface area contributed by atoms with Crippen LogP contribution in [0.4, 0.5) is 0 Å². The second-order valence-corrected chi connectivity index (χ2v) is 3.72. The summed E-state index contributed by atoms with van der Waals surface area (Å²) in [6, 6.07) is 10.00. The van der Waals surface area contributed by atoms with Gasteiger partial charge in [0.2, 0.25) is 5.89 Å². The van der Waals surface area contributed by atoms with Crippen molar-refractivity contribution in [3.8, 4) is 0 Å². The molecule has 0 radical (unpaired) electrons. The molecule has 0 spiro atoms. The van der Waals surface area contributed by atoms with E-state index in [1.165, 1.54) is 0 Å². The smallest absolute Gasteiger partial charge is 0.232 e. The Balaban J connectivity index is 2.06. The Labute approximate surface area is 93.8 Å². The van der Waals surface area contributed by atoms with E-state index in [4.69, 9.17) is 9.93 Å². The summed E-state index contributed by atoms with van der Waals surface area (Å²) in [6.45, 7) is 1.72. The second-order valence-electron chi connectivity index (χ2n) is 3.72. The van der Waals surface area contributed by atoms with Crippen molar-refractivity contribution in [2.75, 3.05) is 0 Å². The average molecular weight is 215 g/mol. The summed E-state index contributed by atoms with van der Waals surface area (Å²) in [5, 5.41) is 11.2. The number of hydrogen-bond donors (Lipinski definition) is 1. The number of benzene rings is 1. The predicted molar refractivity (Wildman–Crippen MR) is 60.7 cm³/mol. The minimum atomic E-state index is 0.432. The van der Waals surface area contributed by atoms with E-state index in [1.54, 1.807) is 6.92 Å². The first-order chi connectivity index (χ1) is 7.74. The standard InChI is InChI=1S/C12H13N3O/c1-9(13)7-12-14-11(15-16-12)8-10-5-3-2-4-6-10/h2-6,13H,7-8H2,1H3. The fourth-order valence-electron chi connectivity index (χ4n) is 1.44. The SMILES string of the molecule is CC(=N)Cc1nc(Cc2ccccc2)no1. The minimum Gasteiger partial charge on any atom is -0.339 e. The molecule has 0 saturated carbocycles. The van der Waals surface area contributed by atoms with Crippen LogP contribution in [0.5, 0.6) is 0 Å². The number of rotatable bonds is 4. The van der Waals surface area contributed by atoms with Crippen LogP contribution in [-0.4, -0.2) is 15.9 Å². The molecule has 2 aromatic rings. The summed E-state index contributed by atoms with van der Waals surface area (Å²) >= 11 is 0. The molecular formula is C12H13N3O. The molecule has 0 aliphatic carbocycles. The van der Waals surface area contributed by atoms with Crippen molar-refractivity contribution in [1.29, 1.82) is 5.41 Å². The third kappa shape index (κ3) is 2.76. The summed E-state index contributed by atoms with van der Waals surface area (Å²) in [4.78, 5) is 4.23. The molecule has 0 aliphatic rings. The molecule has 1 heterocycles. The van der Waals surface area contributed by atoms with E-state index in [-0.39, 0.29) is 0 Å². The van der Waals surface area contributed by atoms with E-state index in [0.717, 1.165) is 5.56 Å². The van der Waals surface area contributed by atoms with E-state index in [9.17, 15) is 0 Å². The molecule has 1 N–H and O–H groups in total. The molecule has 4 nitrogen and oxygen atoms in total. The maximum absolute atomic E-state index is 7.33. The predicted octanol–water partition coefficient (Wildman–Crippen LogP) is 2.24. The maximum atomic E-state index is 7.33. The van der Waals surface area contributed by atoms with Gasteiger partial charge in [0.1, 0.15) is 0 Å². The van der Waals surface area contributed by atoms with Gasteiger partial charge in [-0.1, -0.05) is 35.5 Å². The van der Waals surface area contributed by atoms with Gasteiger partial charge in [-0.25, -0.2) is 0 Å². The zero-order chi connectivity index (χ0) is 11.4. The highest BCUT2D eigenvalue weighted by atomic mass is 16.5. The van der Waals surface area contributed by atoms with Crippen LogP contribution in [0.1, 0.15) is 24.2 Å². The zero-order valence-corrected chi connectivity index (χ0v) is 9.10. The summed E-state index contributed by atoms with van der Waals surface area (Å²) < 4.78 is 5.05. The summed E-state index contributed by atoms with van der Waals surface area (Å²) in [5.41, 5.74) is 1.68. The lowest BCUT2D eigenvalue weighted by molar-refractivity contribution is 0.383. The fourth-order valence-corrected chi connectivity index (χ4v) is 1.44. The van der Waals surface area contributed by atoms with Gasteiger partial charge >= 0.3 is 0 Å². The van der Waals surface area contributed by atoms with Crippen molar-refractivity contribution in [2.24, 2.45) is 0 Å². The largest absolute Gasteiger partial charge is 0.339 e. The zero-order valence-electron chi connectivity index (χ0n) is 9.10. The molecule has 0 atom stereocenters. The van der Waals surface area contributed by atoms with Crippen molar-refractivity contribution in [1.82, 2.24) is 10.1 Å². The van der Waals surface area contributed by atoms with E-state index < -0.39 is 0 Å². The maximum Gasteiger partial charge on any atom is 0.232 e. The molecule has 0 bridgehead atoms. The fraction of sp³-hybridized carbons (Fsp3) is 0.250. The topological polar surface area (TPSA) is 62.8 Å². The van der Waals surface area contributed by atoms with Gasteiger partial charge in [-0.05, 0) is 12.5 Å². The normalized spacial score (nSPS) is 10.3.